The maximum Gasteiger partial charge on any atom is 0.131 e. The first-order chi connectivity index (χ1) is 9.03. The minimum Gasteiger partial charge on any atom is -0.336 e. The number of hydrogen-bond acceptors (Lipinski definition) is 4. The highest BCUT2D eigenvalue weighted by molar-refractivity contribution is 7.10. The van der Waals surface area contributed by atoms with Gasteiger partial charge in [0.15, 0.2) is 0 Å². The van der Waals surface area contributed by atoms with Crippen LogP contribution in [0.25, 0.3) is 0 Å². The van der Waals surface area contributed by atoms with Crippen LogP contribution in [0.5, 0.6) is 0 Å². The molecule has 0 amide bonds. The van der Waals surface area contributed by atoms with Crippen molar-refractivity contribution in [2.45, 2.75) is 19.9 Å². The third kappa shape index (κ3) is 3.22. The first-order valence-electron chi connectivity index (χ1n) is 6.19. The summed E-state index contributed by atoms with van der Waals surface area (Å²) in [6.45, 7) is 4.49. The standard InChI is InChI=1S/C14H18N4S/c1-14(2,9-15)10-17-12(11-5-4-8-19-11)13-16-6-7-18(13)3/h4-8,12,17H,10H2,1-3H3. The van der Waals surface area contributed by atoms with Crippen LogP contribution in [-0.4, -0.2) is 16.1 Å². The van der Waals surface area contributed by atoms with E-state index in [0.717, 1.165) is 5.82 Å². The number of thiophene rings is 1. The fraction of sp³-hybridized carbons (Fsp3) is 0.429. The van der Waals surface area contributed by atoms with Gasteiger partial charge in [0.25, 0.3) is 0 Å². The summed E-state index contributed by atoms with van der Waals surface area (Å²) in [6.07, 6.45) is 3.74. The molecule has 2 rings (SSSR count). The number of imidazole rings is 1. The Labute approximate surface area is 117 Å². The maximum absolute atomic E-state index is 9.11. The summed E-state index contributed by atoms with van der Waals surface area (Å²) >= 11 is 1.70. The average Bonchev–Trinajstić information content (AvgIpc) is 3.02. The van der Waals surface area contributed by atoms with Gasteiger partial charge in [0.2, 0.25) is 0 Å². The normalized spacial score (nSPS) is 13.2. The van der Waals surface area contributed by atoms with E-state index in [9.17, 15) is 0 Å². The van der Waals surface area contributed by atoms with E-state index in [0.29, 0.717) is 6.54 Å². The van der Waals surface area contributed by atoms with Crippen molar-refractivity contribution >= 4 is 11.3 Å². The molecule has 0 bridgehead atoms. The van der Waals surface area contributed by atoms with Gasteiger partial charge >= 0.3 is 0 Å². The van der Waals surface area contributed by atoms with Gasteiger partial charge in [0, 0.05) is 30.9 Å². The Kier molecular flexibility index (Phi) is 4.03. The van der Waals surface area contributed by atoms with Crippen molar-refractivity contribution in [1.82, 2.24) is 14.9 Å². The molecule has 4 nitrogen and oxygen atoms in total. The van der Waals surface area contributed by atoms with Gasteiger partial charge in [-0.3, -0.25) is 0 Å². The summed E-state index contributed by atoms with van der Waals surface area (Å²) in [7, 11) is 1.99. The first-order valence-corrected chi connectivity index (χ1v) is 7.07. The van der Waals surface area contributed by atoms with E-state index in [-0.39, 0.29) is 11.5 Å². The van der Waals surface area contributed by atoms with Crippen molar-refractivity contribution in [2.75, 3.05) is 6.54 Å². The van der Waals surface area contributed by atoms with Crippen LogP contribution in [0.2, 0.25) is 0 Å². The molecule has 0 aromatic carbocycles. The minimum absolute atomic E-state index is 0.0348. The van der Waals surface area contributed by atoms with E-state index in [1.54, 1.807) is 17.5 Å². The Balaban J connectivity index is 2.22. The molecule has 1 unspecified atom stereocenters. The smallest absolute Gasteiger partial charge is 0.131 e. The highest BCUT2D eigenvalue weighted by Crippen LogP contribution is 2.25. The van der Waals surface area contributed by atoms with Gasteiger partial charge in [0.05, 0.1) is 11.5 Å². The van der Waals surface area contributed by atoms with E-state index in [2.05, 4.69) is 27.8 Å². The summed E-state index contributed by atoms with van der Waals surface area (Å²) in [5.41, 5.74) is -0.388. The van der Waals surface area contributed by atoms with Crippen LogP contribution in [0.15, 0.2) is 29.9 Å². The summed E-state index contributed by atoms with van der Waals surface area (Å²) in [5.74, 6) is 0.969. The van der Waals surface area contributed by atoms with Crippen molar-refractivity contribution in [3.63, 3.8) is 0 Å². The molecular formula is C14H18N4S. The Hall–Kier alpha value is -1.64. The second-order valence-electron chi connectivity index (χ2n) is 5.22. The lowest BCUT2D eigenvalue weighted by atomic mass is 9.95. The van der Waals surface area contributed by atoms with Gasteiger partial charge in [-0.05, 0) is 25.3 Å². The fourth-order valence-electron chi connectivity index (χ4n) is 1.83. The van der Waals surface area contributed by atoms with E-state index in [1.807, 2.05) is 37.7 Å². The Morgan fingerprint density at radius 3 is 2.89 bits per heavy atom. The minimum atomic E-state index is -0.388. The number of nitrogens with zero attached hydrogens (tertiary/aromatic N) is 3. The number of hydrogen-bond donors (Lipinski definition) is 1. The number of nitriles is 1. The molecular weight excluding hydrogens is 256 g/mol. The van der Waals surface area contributed by atoms with Gasteiger partial charge < -0.3 is 9.88 Å². The van der Waals surface area contributed by atoms with Crippen LogP contribution >= 0.6 is 11.3 Å². The number of aryl methyl sites for hydroxylation is 1. The topological polar surface area (TPSA) is 53.6 Å². The number of nitrogens with one attached hydrogen (secondary N) is 1. The lowest BCUT2D eigenvalue weighted by Crippen LogP contribution is -2.33. The van der Waals surface area contributed by atoms with Gasteiger partial charge in [-0.25, -0.2) is 4.98 Å². The number of rotatable bonds is 5. The molecule has 0 radical (unpaired) electrons. The zero-order valence-corrected chi connectivity index (χ0v) is 12.2. The molecule has 5 heteroatoms. The van der Waals surface area contributed by atoms with Gasteiger partial charge in [-0.2, -0.15) is 5.26 Å². The molecule has 0 aliphatic carbocycles. The first kappa shape index (κ1) is 13.8. The molecule has 2 aromatic heterocycles. The van der Waals surface area contributed by atoms with Crippen molar-refractivity contribution < 1.29 is 0 Å². The van der Waals surface area contributed by atoms with Crippen molar-refractivity contribution in [3.05, 3.63) is 40.6 Å². The van der Waals surface area contributed by atoms with Crippen LogP contribution in [-0.2, 0) is 7.05 Å². The Morgan fingerprint density at radius 2 is 2.37 bits per heavy atom. The molecule has 0 saturated carbocycles. The Bertz CT molecular complexity index is 563. The van der Waals surface area contributed by atoms with Gasteiger partial charge in [-0.15, -0.1) is 11.3 Å². The summed E-state index contributed by atoms with van der Waals surface area (Å²) in [6, 6.07) is 6.48. The second kappa shape index (κ2) is 5.55. The molecule has 0 saturated heterocycles. The highest BCUT2D eigenvalue weighted by Gasteiger charge is 2.23. The zero-order chi connectivity index (χ0) is 13.9. The van der Waals surface area contributed by atoms with Crippen molar-refractivity contribution in [2.24, 2.45) is 12.5 Å². The van der Waals surface area contributed by atoms with Gasteiger partial charge in [-0.1, -0.05) is 6.07 Å². The molecule has 1 atom stereocenters. The quantitative estimate of drug-likeness (QED) is 0.912. The van der Waals surface area contributed by atoms with Crippen LogP contribution in [0.3, 0.4) is 0 Å². The molecule has 0 spiro atoms. The molecule has 0 aliphatic rings. The van der Waals surface area contributed by atoms with Crippen molar-refractivity contribution in [1.29, 1.82) is 5.26 Å². The lowest BCUT2D eigenvalue weighted by molar-refractivity contribution is 0.417. The predicted molar refractivity (Wildman–Crippen MR) is 76.8 cm³/mol. The fourth-order valence-corrected chi connectivity index (χ4v) is 2.62. The van der Waals surface area contributed by atoms with Crippen LogP contribution in [0.1, 0.15) is 30.6 Å². The summed E-state index contributed by atoms with van der Waals surface area (Å²) in [4.78, 5) is 5.63. The summed E-state index contributed by atoms with van der Waals surface area (Å²) < 4.78 is 2.01. The van der Waals surface area contributed by atoms with E-state index < -0.39 is 0 Å². The van der Waals surface area contributed by atoms with E-state index in [1.165, 1.54) is 4.88 Å². The number of aromatic nitrogens is 2. The molecule has 2 heterocycles. The lowest BCUT2D eigenvalue weighted by Gasteiger charge is -2.22. The molecule has 19 heavy (non-hydrogen) atoms. The predicted octanol–water partition coefficient (Wildman–Crippen LogP) is 2.71. The van der Waals surface area contributed by atoms with Crippen LogP contribution in [0, 0.1) is 16.7 Å². The third-order valence-electron chi connectivity index (χ3n) is 3.00. The van der Waals surface area contributed by atoms with Gasteiger partial charge in [0.1, 0.15) is 11.9 Å². The SMILES string of the molecule is Cn1ccnc1C(NCC(C)(C)C#N)c1cccs1. The van der Waals surface area contributed by atoms with Crippen LogP contribution in [0.4, 0.5) is 0 Å². The van der Waals surface area contributed by atoms with E-state index in [4.69, 9.17) is 5.26 Å². The molecule has 0 fully saturated rings. The van der Waals surface area contributed by atoms with E-state index >= 15 is 0 Å². The molecule has 0 aliphatic heterocycles. The Morgan fingerprint density at radius 1 is 1.58 bits per heavy atom. The molecule has 1 N–H and O–H groups in total. The average molecular weight is 274 g/mol. The van der Waals surface area contributed by atoms with Crippen LogP contribution < -0.4 is 5.32 Å². The maximum atomic E-state index is 9.11. The largest absolute Gasteiger partial charge is 0.336 e. The molecule has 2 aromatic rings. The molecule has 100 valence electrons. The third-order valence-corrected chi connectivity index (χ3v) is 3.93. The summed E-state index contributed by atoms with van der Waals surface area (Å²) in [5, 5.41) is 14.6. The highest BCUT2D eigenvalue weighted by atomic mass is 32.1. The monoisotopic (exact) mass is 274 g/mol. The van der Waals surface area contributed by atoms with Crippen molar-refractivity contribution in [3.8, 4) is 6.07 Å². The second-order valence-corrected chi connectivity index (χ2v) is 6.20. The zero-order valence-electron chi connectivity index (χ0n) is 11.4.